The van der Waals surface area contributed by atoms with E-state index in [-0.39, 0.29) is 21.1 Å². The molecule has 0 aliphatic heterocycles. The Morgan fingerprint density at radius 2 is 1.94 bits per heavy atom. The van der Waals surface area contributed by atoms with E-state index in [1.807, 2.05) is 55.8 Å². The molecule has 0 saturated heterocycles. The SMILES string of the molecule is CC.CC#CCCC.[W].c1ccn2ccnc2c1. The number of fused-ring (bicyclic) bond motifs is 1. The Morgan fingerprint density at radius 3 is 2.44 bits per heavy atom. The largest absolute Gasteiger partial charge is 0.307 e. The molecule has 2 nitrogen and oxygen atoms in total. The van der Waals surface area contributed by atoms with Gasteiger partial charge in [-0.2, -0.15) is 0 Å². The second kappa shape index (κ2) is 14.0. The molecule has 2 rings (SSSR count). The molecule has 0 atom stereocenters. The van der Waals surface area contributed by atoms with Crippen LogP contribution in [0.15, 0.2) is 36.8 Å². The van der Waals surface area contributed by atoms with Crippen molar-refractivity contribution in [2.75, 3.05) is 0 Å². The summed E-state index contributed by atoms with van der Waals surface area (Å²) >= 11 is 0. The first-order chi connectivity index (χ1) is 8.38. The van der Waals surface area contributed by atoms with Gasteiger partial charge in [0.2, 0.25) is 0 Å². The van der Waals surface area contributed by atoms with Gasteiger partial charge in [-0.3, -0.25) is 0 Å². The van der Waals surface area contributed by atoms with Gasteiger partial charge in [0, 0.05) is 46.1 Å². The Labute approximate surface area is 125 Å². The number of pyridine rings is 1. The minimum Gasteiger partial charge on any atom is -0.307 e. The maximum absolute atomic E-state index is 4.08. The van der Waals surface area contributed by atoms with Gasteiger partial charge in [0.15, 0.2) is 0 Å². The summed E-state index contributed by atoms with van der Waals surface area (Å²) in [7, 11) is 0. The minimum absolute atomic E-state index is 0. The fraction of sp³-hybridized carbons (Fsp3) is 0.400. The van der Waals surface area contributed by atoms with Crippen molar-refractivity contribution < 1.29 is 21.1 Å². The molecule has 98 valence electrons. The normalized spacial score (nSPS) is 7.56. The molecule has 0 fully saturated rings. The third-order valence-electron chi connectivity index (χ3n) is 1.85. The molecule has 2 aromatic rings. The van der Waals surface area contributed by atoms with Crippen LogP contribution in [0.5, 0.6) is 0 Å². The molecule has 0 radical (unpaired) electrons. The molecule has 0 bridgehead atoms. The minimum atomic E-state index is 0. The number of hydrogen-bond acceptors (Lipinski definition) is 1. The van der Waals surface area contributed by atoms with E-state index in [1.165, 1.54) is 6.42 Å². The number of rotatable bonds is 1. The Balaban J connectivity index is 0. The molecule has 0 aliphatic carbocycles. The van der Waals surface area contributed by atoms with Crippen LogP contribution in [-0.4, -0.2) is 9.38 Å². The van der Waals surface area contributed by atoms with Gasteiger partial charge in [0.25, 0.3) is 0 Å². The zero-order valence-corrected chi connectivity index (χ0v) is 14.6. The predicted molar refractivity (Wildman–Crippen MR) is 74.9 cm³/mol. The first kappa shape index (κ1) is 19.3. The van der Waals surface area contributed by atoms with Gasteiger partial charge in [0.05, 0.1) is 0 Å². The van der Waals surface area contributed by atoms with Crippen molar-refractivity contribution in [3.63, 3.8) is 0 Å². The number of imidazole rings is 1. The van der Waals surface area contributed by atoms with Crippen molar-refractivity contribution in [2.24, 2.45) is 0 Å². The molecule has 0 spiro atoms. The topological polar surface area (TPSA) is 17.3 Å². The van der Waals surface area contributed by atoms with E-state index in [1.54, 1.807) is 6.20 Å². The summed E-state index contributed by atoms with van der Waals surface area (Å²) in [5.41, 5.74) is 0.998. The first-order valence-electron chi connectivity index (χ1n) is 6.15. The number of unbranched alkanes of at least 4 members (excludes halogenated alkanes) is 1. The summed E-state index contributed by atoms with van der Waals surface area (Å²) in [5, 5.41) is 0. The molecule has 0 aliphatic rings. The summed E-state index contributed by atoms with van der Waals surface area (Å²) in [4.78, 5) is 4.08. The predicted octanol–water partition coefficient (Wildman–Crippen LogP) is 4.17. The maximum Gasteiger partial charge on any atom is 0.136 e. The van der Waals surface area contributed by atoms with Crippen molar-refractivity contribution in [1.82, 2.24) is 9.38 Å². The summed E-state index contributed by atoms with van der Waals surface area (Å²) in [5.74, 6) is 5.77. The van der Waals surface area contributed by atoms with Crippen LogP contribution in [0.3, 0.4) is 0 Å². The Bertz CT molecular complexity index is 422. The van der Waals surface area contributed by atoms with Crippen LogP contribution in [0.1, 0.15) is 40.5 Å². The second-order valence-electron chi connectivity index (χ2n) is 3.07. The maximum atomic E-state index is 4.08. The smallest absolute Gasteiger partial charge is 0.136 e. The zero-order chi connectivity index (χ0) is 12.9. The molecule has 0 N–H and O–H groups in total. The van der Waals surface area contributed by atoms with Gasteiger partial charge in [-0.05, 0) is 25.5 Å². The van der Waals surface area contributed by atoms with E-state index in [2.05, 4.69) is 23.7 Å². The van der Waals surface area contributed by atoms with Crippen LogP contribution in [-0.2, 0) is 21.1 Å². The van der Waals surface area contributed by atoms with E-state index in [0.717, 1.165) is 12.1 Å². The van der Waals surface area contributed by atoms with E-state index < -0.39 is 0 Å². The molecule has 2 heterocycles. The molecule has 0 saturated carbocycles. The van der Waals surface area contributed by atoms with Crippen LogP contribution >= 0.6 is 0 Å². The molecule has 0 amide bonds. The summed E-state index contributed by atoms with van der Waals surface area (Å²) < 4.78 is 1.97. The van der Waals surface area contributed by atoms with Crippen LogP contribution in [0.2, 0.25) is 0 Å². The molecule has 3 heteroatoms. The van der Waals surface area contributed by atoms with E-state index in [0.29, 0.717) is 0 Å². The van der Waals surface area contributed by atoms with Crippen LogP contribution in [0.25, 0.3) is 5.65 Å². The zero-order valence-electron chi connectivity index (χ0n) is 11.7. The first-order valence-corrected chi connectivity index (χ1v) is 6.15. The van der Waals surface area contributed by atoms with Crippen molar-refractivity contribution in [3.8, 4) is 11.8 Å². The number of hydrogen-bond donors (Lipinski definition) is 0. The van der Waals surface area contributed by atoms with Crippen LogP contribution in [0.4, 0.5) is 0 Å². The molecular formula is C15H22N2W. The Hall–Kier alpha value is -1.06. The standard InChI is InChI=1S/C7H6N2.C6H10.C2H6.W/c1-2-5-9-6-4-8-7(9)3-1;1-3-5-6-4-2;1-2;/h1-6H;3,5H2,1-2H3;1-2H3;. The molecule has 2 aromatic heterocycles. The van der Waals surface area contributed by atoms with E-state index >= 15 is 0 Å². The van der Waals surface area contributed by atoms with Crippen molar-refractivity contribution in [2.45, 2.75) is 40.5 Å². The van der Waals surface area contributed by atoms with Gasteiger partial charge in [0.1, 0.15) is 5.65 Å². The van der Waals surface area contributed by atoms with Gasteiger partial charge >= 0.3 is 0 Å². The van der Waals surface area contributed by atoms with Crippen LogP contribution in [0, 0.1) is 11.8 Å². The van der Waals surface area contributed by atoms with Crippen molar-refractivity contribution >= 4 is 5.65 Å². The monoisotopic (exact) mass is 414 g/mol. The van der Waals surface area contributed by atoms with Gasteiger partial charge in [-0.15, -0.1) is 11.8 Å². The fourth-order valence-corrected chi connectivity index (χ4v) is 1.11. The summed E-state index contributed by atoms with van der Waals surface area (Å²) in [6.07, 6.45) is 7.92. The number of aromatic nitrogens is 2. The van der Waals surface area contributed by atoms with E-state index in [4.69, 9.17) is 0 Å². The molecule has 18 heavy (non-hydrogen) atoms. The Morgan fingerprint density at radius 1 is 1.22 bits per heavy atom. The van der Waals surface area contributed by atoms with Gasteiger partial charge in [-0.25, -0.2) is 4.98 Å². The van der Waals surface area contributed by atoms with Crippen molar-refractivity contribution in [1.29, 1.82) is 0 Å². The second-order valence-corrected chi connectivity index (χ2v) is 3.07. The molecule has 0 aromatic carbocycles. The van der Waals surface area contributed by atoms with Crippen molar-refractivity contribution in [3.05, 3.63) is 36.8 Å². The average Bonchev–Trinajstić information content (AvgIpc) is 2.88. The van der Waals surface area contributed by atoms with Gasteiger partial charge in [-0.1, -0.05) is 26.8 Å². The van der Waals surface area contributed by atoms with Crippen LogP contribution < -0.4 is 0 Å². The van der Waals surface area contributed by atoms with Gasteiger partial charge < -0.3 is 4.40 Å². The summed E-state index contributed by atoms with van der Waals surface area (Å²) in [6, 6.07) is 5.93. The molecule has 0 unspecified atom stereocenters. The summed E-state index contributed by atoms with van der Waals surface area (Å²) in [6.45, 7) is 8.00. The quantitative estimate of drug-likeness (QED) is 0.641. The Kier molecular flexibility index (Phi) is 15.0. The third-order valence-corrected chi connectivity index (χ3v) is 1.85. The average molecular weight is 414 g/mol. The third kappa shape index (κ3) is 8.09. The fourth-order valence-electron chi connectivity index (χ4n) is 1.11. The van der Waals surface area contributed by atoms with E-state index in [9.17, 15) is 0 Å². The molecular weight excluding hydrogens is 392 g/mol. The number of nitrogens with zero attached hydrogens (tertiary/aromatic N) is 2.